The zero-order chi connectivity index (χ0) is 13.0. The van der Waals surface area contributed by atoms with Crippen LogP contribution >= 0.6 is 0 Å². The minimum absolute atomic E-state index is 0.00900. The van der Waals surface area contributed by atoms with Crippen LogP contribution in [0.4, 0.5) is 10.1 Å². The van der Waals surface area contributed by atoms with E-state index in [9.17, 15) is 9.18 Å². The van der Waals surface area contributed by atoms with Crippen LogP contribution < -0.4 is 10.1 Å². The maximum absolute atomic E-state index is 13.5. The van der Waals surface area contributed by atoms with E-state index in [2.05, 4.69) is 5.32 Å². The highest BCUT2D eigenvalue weighted by Crippen LogP contribution is 2.21. The van der Waals surface area contributed by atoms with Crippen LogP contribution in [-0.4, -0.2) is 37.6 Å². The SMILES string of the molecule is COc1ccc(F)c(NCC(=O)N2CCCC2)c1. The van der Waals surface area contributed by atoms with E-state index < -0.39 is 0 Å². The van der Waals surface area contributed by atoms with Crippen LogP contribution in [0.2, 0.25) is 0 Å². The van der Waals surface area contributed by atoms with Crippen LogP contribution in [0.3, 0.4) is 0 Å². The second-order valence-corrected chi connectivity index (χ2v) is 4.29. The van der Waals surface area contributed by atoms with Crippen molar-refractivity contribution in [3.63, 3.8) is 0 Å². The van der Waals surface area contributed by atoms with E-state index in [1.807, 2.05) is 0 Å². The topological polar surface area (TPSA) is 41.6 Å². The highest BCUT2D eigenvalue weighted by Gasteiger charge is 2.17. The third kappa shape index (κ3) is 2.91. The van der Waals surface area contributed by atoms with Gasteiger partial charge in [-0.1, -0.05) is 0 Å². The zero-order valence-electron chi connectivity index (χ0n) is 10.4. The van der Waals surface area contributed by atoms with Crippen molar-refractivity contribution in [2.24, 2.45) is 0 Å². The van der Waals surface area contributed by atoms with Gasteiger partial charge >= 0.3 is 0 Å². The molecule has 1 aromatic rings. The lowest BCUT2D eigenvalue weighted by Crippen LogP contribution is -2.33. The normalized spacial score (nSPS) is 14.7. The van der Waals surface area contributed by atoms with E-state index in [0.717, 1.165) is 25.9 Å². The van der Waals surface area contributed by atoms with Gasteiger partial charge in [-0.15, -0.1) is 0 Å². The number of carbonyl (C=O) groups excluding carboxylic acids is 1. The number of hydrogen-bond acceptors (Lipinski definition) is 3. The Bertz CT molecular complexity index is 431. The number of rotatable bonds is 4. The Hall–Kier alpha value is -1.78. The summed E-state index contributed by atoms with van der Waals surface area (Å²) in [5.74, 6) is 0.187. The predicted octanol–water partition coefficient (Wildman–Crippen LogP) is 1.87. The molecule has 0 saturated carbocycles. The number of anilines is 1. The molecular weight excluding hydrogens is 235 g/mol. The smallest absolute Gasteiger partial charge is 0.241 e. The Labute approximate surface area is 106 Å². The van der Waals surface area contributed by atoms with E-state index in [1.54, 1.807) is 17.0 Å². The lowest BCUT2D eigenvalue weighted by molar-refractivity contribution is -0.128. The van der Waals surface area contributed by atoms with Gasteiger partial charge in [0.25, 0.3) is 0 Å². The molecule has 0 atom stereocenters. The van der Waals surface area contributed by atoms with Gasteiger partial charge in [0.15, 0.2) is 0 Å². The lowest BCUT2D eigenvalue weighted by atomic mass is 10.3. The number of methoxy groups -OCH3 is 1. The van der Waals surface area contributed by atoms with Crippen LogP contribution in [0.5, 0.6) is 5.75 Å². The summed E-state index contributed by atoms with van der Waals surface area (Å²) in [4.78, 5) is 13.6. The quantitative estimate of drug-likeness (QED) is 0.889. The third-order valence-corrected chi connectivity index (χ3v) is 3.06. The first kappa shape index (κ1) is 12.7. The first-order valence-corrected chi connectivity index (χ1v) is 6.06. The number of amides is 1. The van der Waals surface area contributed by atoms with Crippen molar-refractivity contribution >= 4 is 11.6 Å². The summed E-state index contributed by atoms with van der Waals surface area (Å²) in [6.45, 7) is 1.73. The molecule has 0 bridgehead atoms. The molecule has 1 aromatic carbocycles. The van der Waals surface area contributed by atoms with Gasteiger partial charge in [-0.25, -0.2) is 4.39 Å². The van der Waals surface area contributed by atoms with Crippen molar-refractivity contribution in [3.8, 4) is 5.75 Å². The molecule has 2 rings (SSSR count). The maximum Gasteiger partial charge on any atom is 0.241 e. The Balaban J connectivity index is 1.94. The lowest BCUT2D eigenvalue weighted by Gasteiger charge is -2.16. The largest absolute Gasteiger partial charge is 0.497 e. The first-order chi connectivity index (χ1) is 8.70. The van der Waals surface area contributed by atoms with E-state index in [4.69, 9.17) is 4.74 Å². The summed E-state index contributed by atoms with van der Waals surface area (Å²) in [7, 11) is 1.52. The van der Waals surface area contributed by atoms with Crippen molar-refractivity contribution in [1.29, 1.82) is 0 Å². The molecule has 1 N–H and O–H groups in total. The molecule has 18 heavy (non-hydrogen) atoms. The molecular formula is C13H17FN2O2. The zero-order valence-corrected chi connectivity index (χ0v) is 10.4. The number of benzene rings is 1. The minimum atomic E-state index is -0.384. The number of halogens is 1. The molecule has 5 heteroatoms. The average molecular weight is 252 g/mol. The van der Waals surface area contributed by atoms with Crippen LogP contribution in [0, 0.1) is 5.82 Å². The third-order valence-electron chi connectivity index (χ3n) is 3.06. The summed E-state index contributed by atoms with van der Waals surface area (Å²) < 4.78 is 18.5. The Morgan fingerprint density at radius 1 is 1.44 bits per heavy atom. The minimum Gasteiger partial charge on any atom is -0.497 e. The molecule has 1 aliphatic heterocycles. The molecule has 0 aromatic heterocycles. The number of ether oxygens (including phenoxy) is 1. The molecule has 1 amide bonds. The molecule has 0 unspecified atom stereocenters. The number of likely N-dealkylation sites (tertiary alicyclic amines) is 1. The fraction of sp³-hybridized carbons (Fsp3) is 0.462. The standard InChI is InChI=1S/C13H17FN2O2/c1-18-10-4-5-11(14)12(8-10)15-9-13(17)16-6-2-3-7-16/h4-5,8,15H,2-3,6-7,9H2,1H3. The molecule has 1 aliphatic rings. The summed E-state index contributed by atoms with van der Waals surface area (Å²) in [5, 5.41) is 2.82. The van der Waals surface area contributed by atoms with Crippen LogP contribution in [0.25, 0.3) is 0 Å². The van der Waals surface area contributed by atoms with Gasteiger partial charge < -0.3 is 15.0 Å². The highest BCUT2D eigenvalue weighted by atomic mass is 19.1. The second-order valence-electron chi connectivity index (χ2n) is 4.29. The Kier molecular flexibility index (Phi) is 4.02. The molecule has 4 nitrogen and oxygen atoms in total. The Morgan fingerprint density at radius 2 is 2.17 bits per heavy atom. The number of nitrogens with zero attached hydrogens (tertiary/aromatic N) is 1. The van der Waals surface area contributed by atoms with Crippen LogP contribution in [0.1, 0.15) is 12.8 Å². The van der Waals surface area contributed by atoms with E-state index in [1.165, 1.54) is 13.2 Å². The van der Waals surface area contributed by atoms with Gasteiger partial charge in [0, 0.05) is 19.2 Å². The van der Waals surface area contributed by atoms with Gasteiger partial charge in [0.1, 0.15) is 11.6 Å². The fourth-order valence-electron chi connectivity index (χ4n) is 2.02. The number of nitrogens with one attached hydrogen (secondary N) is 1. The van der Waals surface area contributed by atoms with E-state index in [-0.39, 0.29) is 18.3 Å². The second kappa shape index (κ2) is 5.71. The van der Waals surface area contributed by atoms with Crippen molar-refractivity contribution in [1.82, 2.24) is 4.90 Å². The average Bonchev–Trinajstić information content (AvgIpc) is 2.91. The molecule has 1 fully saturated rings. The van der Waals surface area contributed by atoms with Gasteiger partial charge in [-0.2, -0.15) is 0 Å². The van der Waals surface area contributed by atoms with Crippen molar-refractivity contribution < 1.29 is 13.9 Å². The maximum atomic E-state index is 13.5. The molecule has 1 saturated heterocycles. The molecule has 0 aliphatic carbocycles. The van der Waals surface area contributed by atoms with Crippen molar-refractivity contribution in [3.05, 3.63) is 24.0 Å². The summed E-state index contributed by atoms with van der Waals surface area (Å²) >= 11 is 0. The number of hydrogen-bond donors (Lipinski definition) is 1. The van der Waals surface area contributed by atoms with E-state index in [0.29, 0.717) is 11.4 Å². The summed E-state index contributed by atoms with van der Waals surface area (Å²) in [5.41, 5.74) is 0.293. The van der Waals surface area contributed by atoms with Crippen LogP contribution in [-0.2, 0) is 4.79 Å². The molecule has 98 valence electrons. The fourth-order valence-corrected chi connectivity index (χ4v) is 2.02. The van der Waals surface area contributed by atoms with Crippen LogP contribution in [0.15, 0.2) is 18.2 Å². The van der Waals surface area contributed by atoms with Crippen molar-refractivity contribution in [2.45, 2.75) is 12.8 Å². The monoisotopic (exact) mass is 252 g/mol. The van der Waals surface area contributed by atoms with Gasteiger partial charge in [-0.3, -0.25) is 4.79 Å². The highest BCUT2D eigenvalue weighted by molar-refractivity contribution is 5.81. The molecule has 0 spiro atoms. The molecule has 0 radical (unpaired) electrons. The number of carbonyl (C=O) groups is 1. The predicted molar refractivity (Wildman–Crippen MR) is 67.3 cm³/mol. The van der Waals surface area contributed by atoms with Crippen molar-refractivity contribution in [2.75, 3.05) is 32.1 Å². The Morgan fingerprint density at radius 3 is 2.83 bits per heavy atom. The first-order valence-electron chi connectivity index (χ1n) is 6.06. The van der Waals surface area contributed by atoms with E-state index >= 15 is 0 Å². The van der Waals surface area contributed by atoms with Gasteiger partial charge in [0.05, 0.1) is 19.3 Å². The van der Waals surface area contributed by atoms with Gasteiger partial charge in [0.2, 0.25) is 5.91 Å². The summed E-state index contributed by atoms with van der Waals surface area (Å²) in [6, 6.07) is 4.41. The summed E-state index contributed by atoms with van der Waals surface area (Å²) in [6.07, 6.45) is 2.11. The van der Waals surface area contributed by atoms with Gasteiger partial charge in [-0.05, 0) is 25.0 Å². The molecule has 1 heterocycles.